The highest BCUT2D eigenvalue weighted by Gasteiger charge is 2.43. The Morgan fingerprint density at radius 1 is 1.20 bits per heavy atom. The lowest BCUT2D eigenvalue weighted by molar-refractivity contribution is -0.129. The summed E-state index contributed by atoms with van der Waals surface area (Å²) in [5.41, 5.74) is 1.51. The number of thioether (sulfide) groups is 2. The van der Waals surface area contributed by atoms with Gasteiger partial charge in [0.25, 0.3) is 0 Å². The summed E-state index contributed by atoms with van der Waals surface area (Å²) < 4.78 is 26.8. The minimum atomic E-state index is -0.313. The molecule has 0 radical (unpaired) electrons. The zero-order valence-corrected chi connectivity index (χ0v) is 14.9. The number of amides is 1. The fourth-order valence-electron chi connectivity index (χ4n) is 3.01. The Hall–Kier alpha value is -1.86. The first-order chi connectivity index (χ1) is 12.0. The molecule has 0 saturated carbocycles. The molecule has 0 saturated heterocycles. The fraction of sp³-hybridized carbons (Fsp3) is 0.222. The van der Waals surface area contributed by atoms with E-state index in [1.54, 1.807) is 30.0 Å². The lowest BCUT2D eigenvalue weighted by Crippen LogP contribution is -2.35. The average molecular weight is 376 g/mol. The molecule has 2 aromatic carbocycles. The quantitative estimate of drug-likeness (QED) is 0.780. The number of hydrogen-bond donors (Lipinski definition) is 0. The molecule has 4 rings (SSSR count). The SMILES string of the molecule is CC(=O)N1N=C2c3cc(F)ccc3SC[C@H]2[C@@H]1Sc1ccc(F)cc1. The number of halogens is 2. The van der Waals surface area contributed by atoms with Crippen molar-refractivity contribution in [2.75, 3.05) is 5.75 Å². The molecule has 2 atom stereocenters. The van der Waals surface area contributed by atoms with Crippen molar-refractivity contribution < 1.29 is 13.6 Å². The molecule has 2 aliphatic heterocycles. The lowest BCUT2D eigenvalue weighted by Gasteiger charge is -2.28. The van der Waals surface area contributed by atoms with Crippen LogP contribution in [0.3, 0.4) is 0 Å². The first-order valence-electron chi connectivity index (χ1n) is 7.76. The van der Waals surface area contributed by atoms with Crippen molar-refractivity contribution in [3.05, 3.63) is 59.7 Å². The Morgan fingerprint density at radius 3 is 2.64 bits per heavy atom. The summed E-state index contributed by atoms with van der Waals surface area (Å²) in [5, 5.41) is 5.76. The molecule has 2 aliphatic rings. The zero-order chi connectivity index (χ0) is 17.6. The highest BCUT2D eigenvalue weighted by molar-refractivity contribution is 8.00. The maximum absolute atomic E-state index is 13.7. The number of carbonyl (C=O) groups is 1. The molecule has 2 heterocycles. The average Bonchev–Trinajstić information content (AvgIpc) is 2.96. The van der Waals surface area contributed by atoms with Crippen LogP contribution in [0.4, 0.5) is 8.78 Å². The van der Waals surface area contributed by atoms with Gasteiger partial charge in [-0.25, -0.2) is 13.8 Å². The molecule has 1 amide bonds. The third-order valence-electron chi connectivity index (χ3n) is 4.18. The number of rotatable bonds is 2. The number of benzene rings is 2. The van der Waals surface area contributed by atoms with Crippen molar-refractivity contribution in [3.8, 4) is 0 Å². The monoisotopic (exact) mass is 376 g/mol. The van der Waals surface area contributed by atoms with Crippen LogP contribution in [0.15, 0.2) is 57.4 Å². The molecule has 0 bridgehead atoms. The zero-order valence-electron chi connectivity index (χ0n) is 13.3. The normalized spacial score (nSPS) is 21.6. The van der Waals surface area contributed by atoms with Crippen molar-refractivity contribution in [2.24, 2.45) is 11.0 Å². The molecule has 25 heavy (non-hydrogen) atoms. The molecule has 2 aromatic rings. The molecule has 0 N–H and O–H groups in total. The van der Waals surface area contributed by atoms with Gasteiger partial charge in [0.05, 0.1) is 5.71 Å². The molecule has 3 nitrogen and oxygen atoms in total. The molecule has 7 heteroatoms. The highest BCUT2D eigenvalue weighted by atomic mass is 32.2. The van der Waals surface area contributed by atoms with E-state index in [1.165, 1.54) is 48.0 Å². The number of hydrogen-bond acceptors (Lipinski definition) is 4. The van der Waals surface area contributed by atoms with Crippen molar-refractivity contribution in [2.45, 2.75) is 22.1 Å². The summed E-state index contributed by atoms with van der Waals surface area (Å²) in [5.74, 6) is -0.0108. The van der Waals surface area contributed by atoms with Crippen molar-refractivity contribution in [1.29, 1.82) is 0 Å². The van der Waals surface area contributed by atoms with Crippen molar-refractivity contribution in [3.63, 3.8) is 0 Å². The van der Waals surface area contributed by atoms with Crippen LogP contribution >= 0.6 is 23.5 Å². The molecule has 0 fully saturated rings. The van der Waals surface area contributed by atoms with Crippen LogP contribution in [0.5, 0.6) is 0 Å². The lowest BCUT2D eigenvalue weighted by atomic mass is 9.98. The molecule has 0 aromatic heterocycles. The summed E-state index contributed by atoms with van der Waals surface area (Å²) in [4.78, 5) is 13.9. The third kappa shape index (κ3) is 3.06. The van der Waals surface area contributed by atoms with Crippen LogP contribution in [0.25, 0.3) is 0 Å². The Labute approximate surface area is 152 Å². The molecule has 0 unspecified atom stereocenters. The third-order valence-corrected chi connectivity index (χ3v) is 6.69. The van der Waals surface area contributed by atoms with Crippen LogP contribution in [0.2, 0.25) is 0 Å². The molecule has 0 aliphatic carbocycles. The predicted octanol–water partition coefficient (Wildman–Crippen LogP) is 4.37. The van der Waals surface area contributed by atoms with E-state index in [9.17, 15) is 13.6 Å². The Bertz CT molecular complexity index is 870. The molecule has 0 spiro atoms. The van der Waals surface area contributed by atoms with E-state index in [0.29, 0.717) is 0 Å². The summed E-state index contributed by atoms with van der Waals surface area (Å²) >= 11 is 3.12. The molecule has 128 valence electrons. The summed E-state index contributed by atoms with van der Waals surface area (Å²) in [6, 6.07) is 10.9. The topological polar surface area (TPSA) is 32.7 Å². The van der Waals surface area contributed by atoms with Gasteiger partial charge in [0.1, 0.15) is 17.0 Å². The van der Waals surface area contributed by atoms with Gasteiger partial charge in [-0.15, -0.1) is 11.8 Å². The summed E-state index contributed by atoms with van der Waals surface area (Å²) in [6.45, 7) is 1.47. The van der Waals surface area contributed by atoms with E-state index in [4.69, 9.17) is 0 Å². The van der Waals surface area contributed by atoms with E-state index in [0.717, 1.165) is 26.8 Å². The smallest absolute Gasteiger partial charge is 0.240 e. The van der Waals surface area contributed by atoms with Crippen LogP contribution in [0, 0.1) is 17.6 Å². The van der Waals surface area contributed by atoms with E-state index in [-0.39, 0.29) is 28.8 Å². The second-order valence-electron chi connectivity index (χ2n) is 5.87. The van der Waals surface area contributed by atoms with Crippen molar-refractivity contribution >= 4 is 35.1 Å². The summed E-state index contributed by atoms with van der Waals surface area (Å²) in [7, 11) is 0. The standard InChI is InChI=1S/C18H14F2N2OS2/c1-10(23)22-18(25-13-5-2-11(19)3-6-13)15-9-24-16-7-4-12(20)8-14(16)17(15)21-22/h2-8,15,18H,9H2,1H3/t15-,18+/m1/s1. The molecular weight excluding hydrogens is 362 g/mol. The Kier molecular flexibility index (Phi) is 4.29. The van der Waals surface area contributed by atoms with Crippen LogP contribution in [0.1, 0.15) is 12.5 Å². The second kappa shape index (κ2) is 6.46. The first kappa shape index (κ1) is 16.6. The van der Waals surface area contributed by atoms with Crippen LogP contribution in [-0.2, 0) is 4.79 Å². The van der Waals surface area contributed by atoms with Gasteiger partial charge in [-0.1, -0.05) is 11.8 Å². The summed E-state index contributed by atoms with van der Waals surface area (Å²) in [6.07, 6.45) is 0. The van der Waals surface area contributed by atoms with E-state index >= 15 is 0 Å². The van der Waals surface area contributed by atoms with Gasteiger partial charge in [0.2, 0.25) is 5.91 Å². The second-order valence-corrected chi connectivity index (χ2v) is 8.12. The highest BCUT2D eigenvalue weighted by Crippen LogP contribution is 2.44. The maximum Gasteiger partial charge on any atom is 0.240 e. The van der Waals surface area contributed by atoms with E-state index in [1.807, 2.05) is 0 Å². The minimum Gasteiger partial charge on any atom is -0.273 e. The Morgan fingerprint density at radius 2 is 1.92 bits per heavy atom. The van der Waals surface area contributed by atoms with Gasteiger partial charge >= 0.3 is 0 Å². The van der Waals surface area contributed by atoms with E-state index < -0.39 is 0 Å². The van der Waals surface area contributed by atoms with E-state index in [2.05, 4.69) is 5.10 Å². The maximum atomic E-state index is 13.7. The van der Waals surface area contributed by atoms with Gasteiger partial charge < -0.3 is 0 Å². The van der Waals surface area contributed by atoms with Gasteiger partial charge in [-0.3, -0.25) is 4.79 Å². The van der Waals surface area contributed by atoms with Crippen LogP contribution < -0.4 is 0 Å². The largest absolute Gasteiger partial charge is 0.273 e. The van der Waals surface area contributed by atoms with Gasteiger partial charge in [0.15, 0.2) is 0 Å². The number of hydrazone groups is 1. The number of nitrogens with zero attached hydrogens (tertiary/aromatic N) is 2. The first-order valence-corrected chi connectivity index (χ1v) is 9.63. The van der Waals surface area contributed by atoms with Gasteiger partial charge in [0, 0.05) is 33.9 Å². The molecular formula is C18H14F2N2OS2. The van der Waals surface area contributed by atoms with Gasteiger partial charge in [-0.05, 0) is 42.5 Å². The van der Waals surface area contributed by atoms with Crippen LogP contribution in [-0.4, -0.2) is 27.8 Å². The predicted molar refractivity (Wildman–Crippen MR) is 95.7 cm³/mol. The number of fused-ring (bicyclic) bond motifs is 3. The van der Waals surface area contributed by atoms with Crippen molar-refractivity contribution in [1.82, 2.24) is 5.01 Å². The fourth-order valence-corrected chi connectivity index (χ4v) is 5.57. The number of carbonyl (C=O) groups excluding carboxylic acids is 1. The Balaban J connectivity index is 1.70. The minimum absolute atomic E-state index is 0.00162. The van der Waals surface area contributed by atoms with Gasteiger partial charge in [-0.2, -0.15) is 5.10 Å².